The van der Waals surface area contributed by atoms with Gasteiger partial charge in [0.25, 0.3) is 0 Å². The van der Waals surface area contributed by atoms with Crippen molar-refractivity contribution >= 4 is 64.6 Å². The summed E-state index contributed by atoms with van der Waals surface area (Å²) in [6.07, 6.45) is 0.681. The Morgan fingerprint density at radius 2 is 1.10 bits per heavy atom. The van der Waals surface area contributed by atoms with Gasteiger partial charge in [0, 0.05) is 50.0 Å². The Morgan fingerprint density at radius 1 is 0.588 bits per heavy atom. The quantitative estimate of drug-likeness (QED) is 0.0315. The molecule has 8 amide bonds. The molecule has 0 bridgehead atoms. The van der Waals surface area contributed by atoms with Gasteiger partial charge in [0.05, 0.1) is 18.2 Å². The fourth-order valence-corrected chi connectivity index (χ4v) is 9.39. The van der Waals surface area contributed by atoms with Crippen LogP contribution in [0.4, 0.5) is 0 Å². The van der Waals surface area contributed by atoms with Gasteiger partial charge < -0.3 is 81.4 Å². The van der Waals surface area contributed by atoms with Crippen LogP contribution in [0.3, 0.4) is 0 Å². The smallest absolute Gasteiger partial charge is 0.245 e. The molecule has 0 radical (unpaired) electrons. The fourth-order valence-electron chi connectivity index (χ4n) is 9.39. The molecule has 1 saturated heterocycles. The minimum absolute atomic E-state index is 0.0644. The van der Waals surface area contributed by atoms with Crippen molar-refractivity contribution < 1.29 is 63.0 Å². The molecule has 1 fully saturated rings. The molecule has 12 atom stereocenters. The SMILES string of the molecule is CCCCCCCC(=O)C[C@@H](CCN)C(=O)N[C@H](C(=O)C[C@@H](CCN)C(=O)N[C@H]1CCNC(=O)[C@H]([C@@H](C)O)NC(=O)[C@H](CCN)NC(=O)[C@H](CCN)NC(=O)[C@H](CCC)NC(=O)[C@@H](CC(C)C)CC(=O)[C@H](CCN)NC1=O)[C@@H](C)O. The number of aliphatic hydroxyl groups excluding tert-OH is 2. The first-order chi connectivity index (χ1) is 37.9. The van der Waals surface area contributed by atoms with Crippen molar-refractivity contribution in [2.75, 3.05) is 39.3 Å². The molecule has 458 valence electrons. The molecule has 20 N–H and O–H groups in total. The van der Waals surface area contributed by atoms with Crippen molar-refractivity contribution in [2.24, 2.45) is 52.3 Å². The molecule has 1 aliphatic heterocycles. The Kier molecular flexibility index (Phi) is 36.1. The van der Waals surface area contributed by atoms with E-state index in [0.29, 0.717) is 12.8 Å². The van der Waals surface area contributed by atoms with Gasteiger partial charge in [0.15, 0.2) is 11.6 Å². The van der Waals surface area contributed by atoms with Crippen LogP contribution in [-0.2, 0) is 52.7 Å². The summed E-state index contributed by atoms with van der Waals surface area (Å²) in [5.41, 5.74) is 29.3. The summed E-state index contributed by atoms with van der Waals surface area (Å²) in [5.74, 6) is -11.5. The van der Waals surface area contributed by atoms with Crippen molar-refractivity contribution in [3.8, 4) is 0 Å². The van der Waals surface area contributed by atoms with Crippen LogP contribution in [0.25, 0.3) is 0 Å². The number of rotatable bonds is 31. The summed E-state index contributed by atoms with van der Waals surface area (Å²) in [5, 5.41) is 42.2. The molecule has 1 rings (SSSR count). The van der Waals surface area contributed by atoms with E-state index in [4.69, 9.17) is 28.7 Å². The second kappa shape index (κ2) is 39.8. The predicted octanol–water partition coefficient (Wildman–Crippen LogP) is -2.66. The largest absolute Gasteiger partial charge is 0.391 e. The summed E-state index contributed by atoms with van der Waals surface area (Å²) in [4.78, 5) is 153. The zero-order valence-corrected chi connectivity index (χ0v) is 48.2. The predicted molar refractivity (Wildman–Crippen MR) is 300 cm³/mol. The van der Waals surface area contributed by atoms with Gasteiger partial charge in [-0.1, -0.05) is 59.8 Å². The molecule has 26 nitrogen and oxygen atoms in total. The first-order valence-corrected chi connectivity index (χ1v) is 28.8. The minimum Gasteiger partial charge on any atom is -0.391 e. The van der Waals surface area contributed by atoms with Crippen LogP contribution in [-0.4, -0.2) is 169 Å². The molecule has 1 aliphatic rings. The van der Waals surface area contributed by atoms with E-state index in [1.807, 2.05) is 13.8 Å². The van der Waals surface area contributed by atoms with E-state index in [2.05, 4.69) is 49.5 Å². The zero-order valence-electron chi connectivity index (χ0n) is 48.2. The first-order valence-electron chi connectivity index (χ1n) is 28.8. The molecule has 26 heteroatoms. The van der Waals surface area contributed by atoms with E-state index in [9.17, 15) is 63.0 Å². The molecule has 0 aromatic heterocycles. The molecular weight excluding hydrogens is 1040 g/mol. The highest BCUT2D eigenvalue weighted by atomic mass is 16.3. The molecule has 0 unspecified atom stereocenters. The van der Waals surface area contributed by atoms with E-state index in [1.165, 1.54) is 13.8 Å². The summed E-state index contributed by atoms with van der Waals surface area (Å²) in [6, 6.07) is -9.95. The molecular formula is C54H99N13O13. The van der Waals surface area contributed by atoms with E-state index >= 15 is 0 Å². The third-order valence-electron chi connectivity index (χ3n) is 13.9. The third kappa shape index (κ3) is 26.8. The van der Waals surface area contributed by atoms with Crippen molar-refractivity contribution in [1.82, 2.24) is 42.5 Å². The fraction of sp³-hybridized carbons (Fsp3) is 0.796. The Morgan fingerprint density at radius 3 is 1.61 bits per heavy atom. The lowest BCUT2D eigenvalue weighted by Crippen LogP contribution is -2.60. The van der Waals surface area contributed by atoms with E-state index in [-0.39, 0.29) is 102 Å². The van der Waals surface area contributed by atoms with Crippen LogP contribution < -0.4 is 71.2 Å². The summed E-state index contributed by atoms with van der Waals surface area (Å²) in [7, 11) is 0. The molecule has 0 saturated carbocycles. The van der Waals surface area contributed by atoms with Crippen molar-refractivity contribution in [3.63, 3.8) is 0 Å². The lowest BCUT2D eigenvalue weighted by Gasteiger charge is -2.28. The highest BCUT2D eigenvalue weighted by molar-refractivity contribution is 5.99. The normalized spacial score (nSPS) is 23.4. The van der Waals surface area contributed by atoms with Crippen LogP contribution in [0.2, 0.25) is 0 Å². The summed E-state index contributed by atoms with van der Waals surface area (Å²) < 4.78 is 0. The lowest BCUT2D eigenvalue weighted by molar-refractivity contribution is -0.137. The van der Waals surface area contributed by atoms with E-state index < -0.39 is 157 Å². The topological polar surface area (TPSA) is 455 Å². The molecule has 0 aliphatic carbocycles. The maximum atomic E-state index is 14.4. The number of hydrogen-bond acceptors (Lipinski definition) is 18. The van der Waals surface area contributed by atoms with E-state index in [0.717, 1.165) is 25.7 Å². The van der Waals surface area contributed by atoms with Crippen LogP contribution in [0.15, 0.2) is 0 Å². The second-order valence-electron chi connectivity index (χ2n) is 21.5. The molecule has 0 aromatic rings. The average molecular weight is 1140 g/mol. The monoisotopic (exact) mass is 1140 g/mol. The van der Waals surface area contributed by atoms with Gasteiger partial charge in [-0.15, -0.1) is 0 Å². The average Bonchev–Trinajstić information content (AvgIpc) is 3.39. The van der Waals surface area contributed by atoms with Gasteiger partial charge >= 0.3 is 0 Å². The maximum absolute atomic E-state index is 14.4. The minimum atomic E-state index is -1.65. The highest BCUT2D eigenvalue weighted by Crippen LogP contribution is 2.21. The Balaban J connectivity index is 3.80. The van der Waals surface area contributed by atoms with Crippen LogP contribution >= 0.6 is 0 Å². The van der Waals surface area contributed by atoms with Crippen molar-refractivity contribution in [3.05, 3.63) is 0 Å². The molecule has 0 spiro atoms. The summed E-state index contributed by atoms with van der Waals surface area (Å²) in [6.45, 7) is 9.18. The maximum Gasteiger partial charge on any atom is 0.245 e. The third-order valence-corrected chi connectivity index (χ3v) is 13.9. The van der Waals surface area contributed by atoms with Gasteiger partial charge in [-0.2, -0.15) is 0 Å². The highest BCUT2D eigenvalue weighted by Gasteiger charge is 2.37. The first kappa shape index (κ1) is 72.5. The van der Waals surface area contributed by atoms with Gasteiger partial charge in [-0.3, -0.25) is 52.7 Å². The number of carbonyl (C=O) groups is 11. The van der Waals surface area contributed by atoms with Gasteiger partial charge in [0.1, 0.15) is 42.0 Å². The molecule has 80 heavy (non-hydrogen) atoms. The van der Waals surface area contributed by atoms with Crippen molar-refractivity contribution in [2.45, 2.75) is 212 Å². The number of nitrogens with two attached hydrogens (primary N) is 5. The molecule has 1 heterocycles. The van der Waals surface area contributed by atoms with Gasteiger partial charge in [-0.05, 0) is 110 Å². The Bertz CT molecular complexity index is 1990. The zero-order chi connectivity index (χ0) is 60.5. The Labute approximate surface area is 472 Å². The van der Waals surface area contributed by atoms with Gasteiger partial charge in [0.2, 0.25) is 47.3 Å². The number of unbranched alkanes of at least 4 members (excludes halogenated alkanes) is 4. The van der Waals surface area contributed by atoms with Crippen LogP contribution in [0, 0.1) is 23.7 Å². The number of amides is 8. The summed E-state index contributed by atoms with van der Waals surface area (Å²) >= 11 is 0. The number of aliphatic hydroxyl groups is 2. The lowest BCUT2D eigenvalue weighted by atomic mass is 9.88. The number of carbonyl (C=O) groups excluding carboxylic acids is 11. The van der Waals surface area contributed by atoms with Crippen LogP contribution in [0.1, 0.15) is 157 Å². The van der Waals surface area contributed by atoms with Crippen LogP contribution in [0.5, 0.6) is 0 Å². The standard InChI is InChI=1S/C54H99N13O13/c1-7-9-10-11-12-14-37(70)28-34(15-21-55)48(74)66-45(32(5)68)44(72)29-35(16-22-56)47(73)63-42-20-26-60-54(80)46(33(6)69)67-53(79)41(19-25-59)65-51(77)40(18-24-58)64-50(76)39(13-8-2)62-49(75)36(27-31(3)4)30-43(71)38(17-23-57)61-52(42)78/h31-36,38-42,45-46,68-69H,7-30,55-59H2,1-6H3,(H,60,80)(H,61,78)(H,62,75)(H,63,73)(H,64,76)(H,65,77)(H,66,74)(H,67,79)/t32-,33-,34-,35-,36+,38+,39+,40+,41+,42+,45+,46+/m1/s1. The van der Waals surface area contributed by atoms with E-state index in [1.54, 1.807) is 6.92 Å². The number of nitrogens with one attached hydrogen (secondary N) is 8. The molecule has 0 aromatic carbocycles. The number of ketones is 3. The van der Waals surface area contributed by atoms with Gasteiger partial charge in [-0.25, -0.2) is 0 Å². The van der Waals surface area contributed by atoms with Crippen molar-refractivity contribution in [1.29, 1.82) is 0 Å². The number of hydrogen-bond donors (Lipinski definition) is 15. The number of Topliss-reactive ketones (excluding diaryl/α,β-unsaturated/α-hetero) is 3. The second-order valence-corrected chi connectivity index (χ2v) is 21.5. The Hall–Kier alpha value is -5.51.